The van der Waals surface area contributed by atoms with Crippen LogP contribution in [0.4, 0.5) is 0 Å². The molecule has 1 heterocycles. The first-order chi connectivity index (χ1) is 9.98. The maximum Gasteiger partial charge on any atom is 0.315 e. The highest BCUT2D eigenvalue weighted by Crippen LogP contribution is 2.45. The second-order valence-corrected chi connectivity index (χ2v) is 5.85. The smallest absolute Gasteiger partial charge is 0.315 e. The van der Waals surface area contributed by atoms with E-state index in [0.29, 0.717) is 17.8 Å². The van der Waals surface area contributed by atoms with Crippen LogP contribution in [0.5, 0.6) is 0 Å². The quantitative estimate of drug-likeness (QED) is 0.854. The molecule has 21 heavy (non-hydrogen) atoms. The third-order valence-corrected chi connectivity index (χ3v) is 3.97. The summed E-state index contributed by atoms with van der Waals surface area (Å²) >= 11 is 0. The highest BCUT2D eigenvalue weighted by molar-refractivity contribution is 6.32. The van der Waals surface area contributed by atoms with E-state index in [1.807, 2.05) is 25.1 Å². The number of aromatic nitrogens is 2. The number of nitrogens with zero attached hydrogens (tertiary/aromatic N) is 2. The molecule has 0 unspecified atom stereocenters. The average Bonchev–Trinajstić information content (AvgIpc) is 3.01. The van der Waals surface area contributed by atoms with E-state index in [9.17, 15) is 4.79 Å². The molecule has 0 spiro atoms. The van der Waals surface area contributed by atoms with Crippen molar-refractivity contribution in [2.24, 2.45) is 0 Å². The molecular weight excluding hydrogens is 265 g/mol. The summed E-state index contributed by atoms with van der Waals surface area (Å²) in [7, 11) is 5.70. The Bertz CT molecular complexity index is 692. The van der Waals surface area contributed by atoms with Crippen LogP contribution in [0.15, 0.2) is 22.7 Å². The lowest BCUT2D eigenvalue weighted by atomic mass is 9.92. The van der Waals surface area contributed by atoms with E-state index in [1.165, 1.54) is 0 Å². The van der Waals surface area contributed by atoms with E-state index in [1.54, 1.807) is 0 Å². The maximum absolute atomic E-state index is 12.0. The van der Waals surface area contributed by atoms with Crippen molar-refractivity contribution < 1.29 is 9.32 Å². The molecule has 1 aliphatic carbocycles. The number of nitrogens with one attached hydrogen (secondary N) is 1. The average molecular weight is 281 g/mol. The van der Waals surface area contributed by atoms with Crippen molar-refractivity contribution in [3.8, 4) is 0 Å². The van der Waals surface area contributed by atoms with Gasteiger partial charge in [-0.15, -0.1) is 0 Å². The first kappa shape index (κ1) is 13.9. The number of carbonyl (C=O) groups excluding carboxylic acids is 1. The van der Waals surface area contributed by atoms with Gasteiger partial charge in [-0.2, -0.15) is 4.98 Å². The van der Waals surface area contributed by atoms with E-state index in [4.69, 9.17) is 12.4 Å². The van der Waals surface area contributed by atoms with Crippen LogP contribution in [-0.2, 0) is 12.0 Å². The molecule has 0 aliphatic heterocycles. The summed E-state index contributed by atoms with van der Waals surface area (Å²) in [6.07, 6.45) is 2.08. The third kappa shape index (κ3) is 2.84. The molecule has 2 radical (unpaired) electrons. The third-order valence-electron chi connectivity index (χ3n) is 3.97. The minimum absolute atomic E-state index is 0.00439. The van der Waals surface area contributed by atoms with Crippen LogP contribution in [0.25, 0.3) is 0 Å². The highest BCUT2D eigenvalue weighted by Gasteiger charge is 2.43. The summed E-state index contributed by atoms with van der Waals surface area (Å²) in [5.74, 6) is 0.289. The Morgan fingerprint density at radius 2 is 2.24 bits per heavy atom. The van der Waals surface area contributed by atoms with Crippen LogP contribution < -0.4 is 10.8 Å². The first-order valence-corrected chi connectivity index (χ1v) is 6.95. The number of carbonyl (C=O) groups is 1. The Kier molecular flexibility index (Phi) is 3.31. The summed E-state index contributed by atoms with van der Waals surface area (Å²) in [4.78, 5) is 16.2. The number of benzene rings is 1. The largest absolute Gasteiger partial charge is 0.344 e. The van der Waals surface area contributed by atoms with Crippen LogP contribution in [0.2, 0.25) is 0 Å². The van der Waals surface area contributed by atoms with Crippen molar-refractivity contribution in [2.75, 3.05) is 0 Å². The molecule has 6 heteroatoms. The Hall–Kier alpha value is -2.11. The maximum atomic E-state index is 12.0. The number of rotatable bonds is 4. The Balaban J connectivity index is 1.65. The summed E-state index contributed by atoms with van der Waals surface area (Å²) in [6.45, 7) is 4.42. The standard InChI is InChI=1S/C15H16BN3O2/c1-9-7-11(16)4-3-10(9)8-17-12(20)13-18-14(19-21-13)15(2)5-6-15/h3-4,7H,5-6,8H2,1-2H3,(H,17,20). The van der Waals surface area contributed by atoms with Crippen LogP contribution in [-0.4, -0.2) is 23.9 Å². The van der Waals surface area contributed by atoms with Crippen molar-refractivity contribution >= 4 is 19.2 Å². The molecule has 106 valence electrons. The minimum atomic E-state index is -0.353. The van der Waals surface area contributed by atoms with E-state index in [0.717, 1.165) is 24.0 Å². The fourth-order valence-electron chi connectivity index (χ4n) is 2.14. The molecule has 0 atom stereocenters. The van der Waals surface area contributed by atoms with Crippen molar-refractivity contribution in [2.45, 2.75) is 38.6 Å². The highest BCUT2D eigenvalue weighted by atomic mass is 16.5. The fraction of sp³-hybridized carbons (Fsp3) is 0.400. The van der Waals surface area contributed by atoms with Gasteiger partial charge in [0.2, 0.25) is 0 Å². The SMILES string of the molecule is [B]c1ccc(CNC(=O)c2nc(C3(C)CC3)no2)c(C)c1. The molecule has 1 amide bonds. The fourth-order valence-corrected chi connectivity index (χ4v) is 2.14. The molecule has 0 bridgehead atoms. The zero-order valence-electron chi connectivity index (χ0n) is 12.1. The molecule has 1 N–H and O–H groups in total. The van der Waals surface area contributed by atoms with E-state index >= 15 is 0 Å². The monoisotopic (exact) mass is 281 g/mol. The van der Waals surface area contributed by atoms with Gasteiger partial charge in [-0.1, -0.05) is 35.7 Å². The van der Waals surface area contributed by atoms with Gasteiger partial charge in [0, 0.05) is 12.0 Å². The molecule has 0 saturated heterocycles. The van der Waals surface area contributed by atoms with Gasteiger partial charge in [0.05, 0.1) is 0 Å². The van der Waals surface area contributed by atoms with Gasteiger partial charge in [0.1, 0.15) is 7.85 Å². The Morgan fingerprint density at radius 3 is 2.90 bits per heavy atom. The normalized spacial score (nSPS) is 15.7. The molecule has 1 aromatic carbocycles. The van der Waals surface area contributed by atoms with Crippen molar-refractivity contribution in [3.63, 3.8) is 0 Å². The van der Waals surface area contributed by atoms with Crippen LogP contribution in [0, 0.1) is 6.92 Å². The molecule has 5 nitrogen and oxygen atoms in total. The second-order valence-electron chi connectivity index (χ2n) is 5.85. The number of hydrogen-bond donors (Lipinski definition) is 1. The first-order valence-electron chi connectivity index (χ1n) is 6.95. The van der Waals surface area contributed by atoms with Crippen LogP contribution >= 0.6 is 0 Å². The Labute approximate surface area is 124 Å². The van der Waals surface area contributed by atoms with Gasteiger partial charge in [0.15, 0.2) is 5.82 Å². The summed E-state index contributed by atoms with van der Waals surface area (Å²) in [5.41, 5.74) is 2.75. The van der Waals surface area contributed by atoms with Gasteiger partial charge in [-0.25, -0.2) is 0 Å². The lowest BCUT2D eigenvalue weighted by Gasteiger charge is -2.07. The van der Waals surface area contributed by atoms with Gasteiger partial charge in [-0.3, -0.25) is 4.79 Å². The number of amides is 1. The minimum Gasteiger partial charge on any atom is -0.344 e. The summed E-state index contributed by atoms with van der Waals surface area (Å²) < 4.78 is 5.04. The zero-order valence-corrected chi connectivity index (χ0v) is 12.1. The molecule has 2 aromatic rings. The molecular formula is C15H16BN3O2. The summed E-state index contributed by atoms with van der Waals surface area (Å²) in [5, 5.41) is 6.68. The number of hydrogen-bond acceptors (Lipinski definition) is 4. The second kappa shape index (κ2) is 5.02. The Morgan fingerprint density at radius 1 is 1.48 bits per heavy atom. The molecule has 1 saturated carbocycles. The van der Waals surface area contributed by atoms with Gasteiger partial charge in [0.25, 0.3) is 0 Å². The molecule has 1 aromatic heterocycles. The predicted octanol–water partition coefficient (Wildman–Crippen LogP) is 1.15. The number of aryl methyl sites for hydroxylation is 1. The molecule has 1 aliphatic rings. The van der Waals surface area contributed by atoms with Crippen LogP contribution in [0.1, 0.15) is 47.4 Å². The lowest BCUT2D eigenvalue weighted by molar-refractivity contribution is 0.0907. The van der Waals surface area contributed by atoms with Crippen molar-refractivity contribution in [1.82, 2.24) is 15.5 Å². The molecule has 1 fully saturated rings. The van der Waals surface area contributed by atoms with Crippen molar-refractivity contribution in [1.29, 1.82) is 0 Å². The molecule has 3 rings (SSSR count). The predicted molar refractivity (Wildman–Crippen MR) is 78.6 cm³/mol. The van der Waals surface area contributed by atoms with E-state index in [2.05, 4.69) is 22.4 Å². The topological polar surface area (TPSA) is 68.0 Å². The van der Waals surface area contributed by atoms with E-state index < -0.39 is 0 Å². The van der Waals surface area contributed by atoms with Crippen LogP contribution in [0.3, 0.4) is 0 Å². The van der Waals surface area contributed by atoms with Gasteiger partial charge >= 0.3 is 11.8 Å². The summed E-state index contributed by atoms with van der Waals surface area (Å²) in [6, 6.07) is 5.59. The lowest BCUT2D eigenvalue weighted by Crippen LogP contribution is -2.24. The zero-order chi connectivity index (χ0) is 15.0. The van der Waals surface area contributed by atoms with Gasteiger partial charge in [-0.05, 0) is 30.9 Å². The van der Waals surface area contributed by atoms with Crippen molar-refractivity contribution in [3.05, 3.63) is 41.0 Å². The van der Waals surface area contributed by atoms with E-state index in [-0.39, 0.29) is 17.2 Å². The van der Waals surface area contributed by atoms with Gasteiger partial charge < -0.3 is 9.84 Å².